The Hall–Kier alpha value is -3.68. The van der Waals surface area contributed by atoms with E-state index in [1.807, 2.05) is 17.5 Å². The first kappa shape index (κ1) is 27.4. The third-order valence-electron chi connectivity index (χ3n) is 5.58. The Morgan fingerprint density at radius 2 is 1.92 bits per heavy atom. The number of non-ortho nitro benzene ring substituents is 1. The lowest BCUT2D eigenvalue weighted by Gasteiger charge is -2.50. The summed E-state index contributed by atoms with van der Waals surface area (Å²) in [6, 6.07) is 8.16. The number of amides is 2. The van der Waals surface area contributed by atoms with Crippen LogP contribution in [0.4, 0.5) is 5.69 Å². The van der Waals surface area contributed by atoms with Gasteiger partial charge in [-0.05, 0) is 29.1 Å². The molecule has 1 fully saturated rings. The van der Waals surface area contributed by atoms with Crippen LogP contribution < -0.4 is 5.32 Å². The van der Waals surface area contributed by atoms with Gasteiger partial charge in [-0.15, -0.1) is 11.3 Å². The number of thiophene rings is 1. The fraction of sp³-hybridized carbons (Fsp3) is 0.250. The van der Waals surface area contributed by atoms with Gasteiger partial charge in [0.1, 0.15) is 30.3 Å². The number of benzene rings is 1. The summed E-state index contributed by atoms with van der Waals surface area (Å²) in [5, 5.41) is 14.7. The number of rotatable bonds is 9. The van der Waals surface area contributed by atoms with E-state index in [1.165, 1.54) is 53.0 Å². The number of nitro benzene ring substituents is 1. The molecule has 3 heterocycles. The van der Waals surface area contributed by atoms with Crippen LogP contribution in [0.5, 0.6) is 0 Å². The number of fused-ring (bicyclic) bond motifs is 1. The first-order valence-corrected chi connectivity index (χ1v) is 13.3. The summed E-state index contributed by atoms with van der Waals surface area (Å²) in [6.45, 7) is 0.626. The average molecular weight is 578 g/mol. The molecule has 1 N–H and O–H groups in total. The Morgan fingerprint density at radius 1 is 1.18 bits per heavy atom. The summed E-state index contributed by atoms with van der Waals surface area (Å²) in [5.41, 5.74) is 1.60. The number of nitro groups is 1. The van der Waals surface area contributed by atoms with Crippen LogP contribution in [0, 0.1) is 10.1 Å². The number of esters is 2. The standard InChI is InChI=1S/C24H20ClN3O8S2/c1-13(29)35-12-17-18(10-25)38-23-20(26-19(30)9-16-3-2-8-37-16)22(31)27(23)21(17)24(32)36-11-14-4-6-15(7-5-14)28(33)34/h2-8,10,20,23H,9,11-12H2,1H3,(H,26,30)/b18-10-/t20?,23-/m1/s1. The van der Waals surface area contributed by atoms with E-state index in [-0.39, 0.29) is 42.5 Å². The molecule has 1 unspecified atom stereocenters. The Bertz CT molecular complexity index is 1340. The van der Waals surface area contributed by atoms with Crippen molar-refractivity contribution in [3.05, 3.63) is 84.0 Å². The highest BCUT2D eigenvalue weighted by Crippen LogP contribution is 2.47. The van der Waals surface area contributed by atoms with Crippen molar-refractivity contribution in [2.45, 2.75) is 31.4 Å². The molecule has 2 aromatic rings. The number of thioether (sulfide) groups is 1. The molecular weight excluding hydrogens is 558 g/mol. The van der Waals surface area contributed by atoms with Crippen LogP contribution in [-0.4, -0.2) is 51.6 Å². The third-order valence-corrected chi connectivity index (χ3v) is 8.14. The number of nitrogens with zero attached hydrogens (tertiary/aromatic N) is 2. The molecule has 0 spiro atoms. The molecule has 0 saturated carbocycles. The first-order valence-electron chi connectivity index (χ1n) is 11.1. The molecule has 198 valence electrons. The second kappa shape index (κ2) is 11.8. The van der Waals surface area contributed by atoms with Gasteiger partial charge in [0.05, 0.1) is 11.3 Å². The summed E-state index contributed by atoms with van der Waals surface area (Å²) in [4.78, 5) is 63.1. The molecule has 0 radical (unpaired) electrons. The van der Waals surface area contributed by atoms with Gasteiger partial charge < -0.3 is 14.8 Å². The molecule has 11 nitrogen and oxygen atoms in total. The average Bonchev–Trinajstić information content (AvgIpc) is 3.41. The van der Waals surface area contributed by atoms with E-state index in [1.54, 1.807) is 0 Å². The molecule has 1 saturated heterocycles. The maximum absolute atomic E-state index is 13.3. The SMILES string of the molecule is CC(=O)OCC1=C(C(=O)OCc2ccc([N+](=O)[O-])cc2)N2C(=O)C(NC(=O)Cc3cccs3)[C@H]2S/C1=C\Cl. The summed E-state index contributed by atoms with van der Waals surface area (Å²) >= 11 is 8.60. The van der Waals surface area contributed by atoms with E-state index in [0.29, 0.717) is 10.5 Å². The number of ether oxygens (including phenoxy) is 2. The zero-order valence-electron chi connectivity index (χ0n) is 19.7. The molecule has 2 amide bonds. The molecule has 38 heavy (non-hydrogen) atoms. The number of nitrogens with one attached hydrogen (secondary N) is 1. The van der Waals surface area contributed by atoms with E-state index in [4.69, 9.17) is 21.1 Å². The quantitative estimate of drug-likeness (QED) is 0.205. The molecule has 2 atom stereocenters. The lowest BCUT2D eigenvalue weighted by Crippen LogP contribution is -2.70. The minimum atomic E-state index is -0.910. The predicted octanol–water partition coefficient (Wildman–Crippen LogP) is 3.24. The van der Waals surface area contributed by atoms with Crippen LogP contribution in [0.3, 0.4) is 0 Å². The lowest BCUT2D eigenvalue weighted by molar-refractivity contribution is -0.384. The zero-order chi connectivity index (χ0) is 27.4. The molecule has 14 heteroatoms. The third kappa shape index (κ3) is 5.90. The topological polar surface area (TPSA) is 145 Å². The van der Waals surface area contributed by atoms with Crippen molar-refractivity contribution in [3.8, 4) is 0 Å². The molecule has 1 aromatic heterocycles. The van der Waals surface area contributed by atoms with Gasteiger partial charge >= 0.3 is 11.9 Å². The van der Waals surface area contributed by atoms with Crippen LogP contribution in [0.2, 0.25) is 0 Å². The molecule has 4 rings (SSSR count). The fourth-order valence-electron chi connectivity index (χ4n) is 3.77. The van der Waals surface area contributed by atoms with E-state index >= 15 is 0 Å². The van der Waals surface area contributed by atoms with Crippen LogP contribution in [0.1, 0.15) is 17.4 Å². The van der Waals surface area contributed by atoms with E-state index in [9.17, 15) is 29.3 Å². The van der Waals surface area contributed by atoms with Crippen LogP contribution in [-0.2, 0) is 41.7 Å². The van der Waals surface area contributed by atoms with Gasteiger partial charge in [-0.25, -0.2) is 4.79 Å². The zero-order valence-corrected chi connectivity index (χ0v) is 22.1. The summed E-state index contributed by atoms with van der Waals surface area (Å²) in [5.74, 6) is -2.37. The van der Waals surface area contributed by atoms with E-state index in [2.05, 4.69) is 5.32 Å². The van der Waals surface area contributed by atoms with E-state index in [0.717, 1.165) is 16.6 Å². The maximum atomic E-state index is 13.3. The summed E-state index contributed by atoms with van der Waals surface area (Å²) in [6.07, 6.45) is 0.106. The summed E-state index contributed by atoms with van der Waals surface area (Å²) < 4.78 is 10.5. The number of carbonyl (C=O) groups is 4. The Labute approximate surface area is 229 Å². The normalized spacial score (nSPS) is 19.5. The highest BCUT2D eigenvalue weighted by atomic mass is 35.5. The minimum absolute atomic E-state index is 0.106. The number of β-lactam (4-membered cyclic amide) rings is 1. The van der Waals surface area contributed by atoms with Crippen molar-refractivity contribution in [1.82, 2.24) is 10.2 Å². The van der Waals surface area contributed by atoms with Gasteiger partial charge in [0, 0.05) is 39.9 Å². The Kier molecular flexibility index (Phi) is 8.49. The number of carbonyl (C=O) groups excluding carboxylic acids is 4. The van der Waals surface area contributed by atoms with Crippen molar-refractivity contribution in [1.29, 1.82) is 0 Å². The van der Waals surface area contributed by atoms with Crippen molar-refractivity contribution in [2.75, 3.05) is 6.61 Å². The number of halogens is 1. The van der Waals surface area contributed by atoms with Crippen molar-refractivity contribution in [2.24, 2.45) is 0 Å². The second-order valence-electron chi connectivity index (χ2n) is 8.10. The van der Waals surface area contributed by atoms with Gasteiger partial charge in [-0.2, -0.15) is 0 Å². The molecule has 0 bridgehead atoms. The Balaban J connectivity index is 1.55. The molecule has 0 aliphatic carbocycles. The molecule has 1 aromatic carbocycles. The number of hydrogen-bond donors (Lipinski definition) is 1. The summed E-state index contributed by atoms with van der Waals surface area (Å²) in [7, 11) is 0. The van der Waals surface area contributed by atoms with Crippen LogP contribution in [0.15, 0.2) is 63.5 Å². The smallest absolute Gasteiger partial charge is 0.355 e. The van der Waals surface area contributed by atoms with Gasteiger partial charge in [0.15, 0.2) is 0 Å². The maximum Gasteiger partial charge on any atom is 0.355 e. The van der Waals surface area contributed by atoms with Gasteiger partial charge in [-0.3, -0.25) is 29.4 Å². The molecule has 2 aliphatic heterocycles. The largest absolute Gasteiger partial charge is 0.461 e. The Morgan fingerprint density at radius 3 is 2.53 bits per heavy atom. The molecular formula is C24H20ClN3O8S2. The lowest BCUT2D eigenvalue weighted by atomic mass is 10.0. The van der Waals surface area contributed by atoms with E-state index < -0.39 is 34.2 Å². The monoisotopic (exact) mass is 577 g/mol. The molecule has 2 aliphatic rings. The predicted molar refractivity (Wildman–Crippen MR) is 139 cm³/mol. The second-order valence-corrected chi connectivity index (χ2v) is 10.5. The highest BCUT2D eigenvalue weighted by Gasteiger charge is 2.55. The minimum Gasteiger partial charge on any atom is -0.461 e. The fourth-order valence-corrected chi connectivity index (χ4v) is 6.01. The number of hydrogen-bond acceptors (Lipinski definition) is 10. The van der Waals surface area contributed by atoms with Crippen molar-refractivity contribution < 1.29 is 33.6 Å². The van der Waals surface area contributed by atoms with Gasteiger partial charge in [0.2, 0.25) is 5.91 Å². The van der Waals surface area contributed by atoms with Gasteiger partial charge in [0.25, 0.3) is 11.6 Å². The van der Waals surface area contributed by atoms with Crippen LogP contribution >= 0.6 is 34.7 Å². The van der Waals surface area contributed by atoms with Crippen molar-refractivity contribution >= 4 is 64.1 Å². The highest BCUT2D eigenvalue weighted by molar-refractivity contribution is 8.04. The first-order chi connectivity index (χ1) is 18.2. The van der Waals surface area contributed by atoms with Crippen molar-refractivity contribution in [3.63, 3.8) is 0 Å². The van der Waals surface area contributed by atoms with Gasteiger partial charge in [-0.1, -0.05) is 29.4 Å². The van der Waals surface area contributed by atoms with Crippen LogP contribution in [0.25, 0.3) is 0 Å².